The molecule has 1 saturated heterocycles. The average molecular weight is 358 g/mol. The van der Waals surface area contributed by atoms with Gasteiger partial charge in [-0.15, -0.1) is 0 Å². The molecular weight excluding hydrogens is 332 g/mol. The van der Waals surface area contributed by atoms with E-state index in [1.54, 1.807) is 18.2 Å². The van der Waals surface area contributed by atoms with Gasteiger partial charge in [0.25, 0.3) is 5.91 Å². The zero-order valence-electron chi connectivity index (χ0n) is 15.4. The lowest BCUT2D eigenvalue weighted by atomic mass is 9.84. The molecule has 1 atom stereocenters. The molecule has 1 N–H and O–H groups in total. The van der Waals surface area contributed by atoms with Gasteiger partial charge < -0.3 is 10.1 Å². The molecular formula is C20H26N2O4. The third-order valence-corrected chi connectivity index (χ3v) is 5.27. The van der Waals surface area contributed by atoms with Crippen LogP contribution in [-0.2, 0) is 11.3 Å². The molecule has 1 aliphatic carbocycles. The van der Waals surface area contributed by atoms with Crippen LogP contribution in [-0.4, -0.2) is 35.3 Å². The first kappa shape index (κ1) is 18.4. The molecule has 0 bridgehead atoms. The second kappa shape index (κ2) is 7.89. The minimum atomic E-state index is -0.422. The quantitative estimate of drug-likeness (QED) is 0.625. The van der Waals surface area contributed by atoms with Crippen molar-refractivity contribution in [2.75, 3.05) is 6.61 Å². The van der Waals surface area contributed by atoms with Gasteiger partial charge in [-0.25, -0.2) is 4.79 Å². The largest absolute Gasteiger partial charge is 0.494 e. The number of nitrogens with zero attached hydrogens (tertiary/aromatic N) is 1. The Kier molecular flexibility index (Phi) is 5.59. The van der Waals surface area contributed by atoms with Crippen molar-refractivity contribution in [2.45, 2.75) is 58.5 Å². The summed E-state index contributed by atoms with van der Waals surface area (Å²) in [5.74, 6) is 0.587. The van der Waals surface area contributed by atoms with Crippen LogP contribution in [0.15, 0.2) is 18.2 Å². The zero-order chi connectivity index (χ0) is 18.7. The van der Waals surface area contributed by atoms with E-state index in [1.807, 2.05) is 6.92 Å². The van der Waals surface area contributed by atoms with Gasteiger partial charge in [-0.3, -0.25) is 14.5 Å². The monoisotopic (exact) mass is 358 g/mol. The summed E-state index contributed by atoms with van der Waals surface area (Å²) in [6, 6.07) is 4.36. The molecule has 140 valence electrons. The molecule has 3 amide bonds. The first-order valence-electron chi connectivity index (χ1n) is 9.39. The fraction of sp³-hybridized carbons (Fsp3) is 0.550. The fourth-order valence-electron chi connectivity index (χ4n) is 3.87. The van der Waals surface area contributed by atoms with Crippen LogP contribution in [0.3, 0.4) is 0 Å². The lowest BCUT2D eigenvalue weighted by Crippen LogP contribution is -2.38. The number of carbonyl (C=O) groups excluding carboxylic acids is 3. The zero-order valence-corrected chi connectivity index (χ0v) is 15.4. The lowest BCUT2D eigenvalue weighted by molar-refractivity contribution is -0.129. The number of nitrogens with one attached hydrogen (secondary N) is 1. The van der Waals surface area contributed by atoms with E-state index in [4.69, 9.17) is 4.74 Å². The van der Waals surface area contributed by atoms with Crippen molar-refractivity contribution in [2.24, 2.45) is 5.92 Å². The average Bonchev–Trinajstić information content (AvgIpc) is 2.92. The summed E-state index contributed by atoms with van der Waals surface area (Å²) in [7, 11) is 0. The number of ketones is 1. The number of hydrogen-bond donors (Lipinski definition) is 1. The van der Waals surface area contributed by atoms with Crippen molar-refractivity contribution in [1.29, 1.82) is 0 Å². The Labute approximate surface area is 153 Å². The molecule has 1 saturated carbocycles. The maximum Gasteiger partial charge on any atom is 0.325 e. The third-order valence-electron chi connectivity index (χ3n) is 5.27. The summed E-state index contributed by atoms with van der Waals surface area (Å²) < 4.78 is 5.61. The second-order valence-electron chi connectivity index (χ2n) is 7.06. The third kappa shape index (κ3) is 3.74. The van der Waals surface area contributed by atoms with Crippen LogP contribution in [0.25, 0.3) is 0 Å². The number of urea groups is 1. The van der Waals surface area contributed by atoms with Crippen LogP contribution >= 0.6 is 0 Å². The van der Waals surface area contributed by atoms with Gasteiger partial charge in [0, 0.05) is 11.1 Å². The molecule has 2 aliphatic rings. The summed E-state index contributed by atoms with van der Waals surface area (Å²) in [6.45, 7) is 3.95. The summed E-state index contributed by atoms with van der Waals surface area (Å²) >= 11 is 0. The Hall–Kier alpha value is -2.37. The van der Waals surface area contributed by atoms with E-state index in [0.29, 0.717) is 23.5 Å². The van der Waals surface area contributed by atoms with E-state index in [9.17, 15) is 14.4 Å². The van der Waals surface area contributed by atoms with E-state index in [2.05, 4.69) is 5.32 Å². The second-order valence-corrected chi connectivity index (χ2v) is 7.06. The molecule has 0 unspecified atom stereocenters. The number of benzene rings is 1. The van der Waals surface area contributed by atoms with Crippen molar-refractivity contribution < 1.29 is 19.1 Å². The van der Waals surface area contributed by atoms with Gasteiger partial charge >= 0.3 is 6.03 Å². The fourth-order valence-corrected chi connectivity index (χ4v) is 3.87. The van der Waals surface area contributed by atoms with Crippen LogP contribution in [0.2, 0.25) is 0 Å². The number of amides is 3. The normalized spacial score (nSPS) is 21.0. The Balaban J connectivity index is 1.81. The molecule has 0 aromatic heterocycles. The summed E-state index contributed by atoms with van der Waals surface area (Å²) in [5, 5.41) is 2.86. The summed E-state index contributed by atoms with van der Waals surface area (Å²) in [6.07, 6.45) is 5.38. The Morgan fingerprint density at radius 2 is 1.96 bits per heavy atom. The Bertz CT molecular complexity index is 710. The first-order chi connectivity index (χ1) is 12.5. The van der Waals surface area contributed by atoms with E-state index in [0.717, 1.165) is 25.7 Å². The van der Waals surface area contributed by atoms with Crippen molar-refractivity contribution in [3.63, 3.8) is 0 Å². The highest BCUT2D eigenvalue weighted by atomic mass is 16.5. The highest BCUT2D eigenvalue weighted by Crippen LogP contribution is 2.31. The number of hydrogen-bond acceptors (Lipinski definition) is 4. The number of Topliss-reactive ketones (excluding diaryl/α,β-unsaturated/α-hetero) is 1. The minimum absolute atomic E-state index is 0.0634. The van der Waals surface area contributed by atoms with Crippen LogP contribution in [0, 0.1) is 5.92 Å². The van der Waals surface area contributed by atoms with Gasteiger partial charge in [0.05, 0.1) is 13.2 Å². The predicted octanol–water partition coefficient (Wildman–Crippen LogP) is 3.29. The number of rotatable bonds is 6. The van der Waals surface area contributed by atoms with Crippen LogP contribution in [0.4, 0.5) is 4.79 Å². The number of imide groups is 1. The van der Waals surface area contributed by atoms with E-state index in [1.165, 1.54) is 18.2 Å². The van der Waals surface area contributed by atoms with Crippen LogP contribution in [0.5, 0.6) is 5.75 Å². The number of carbonyl (C=O) groups is 3. The molecule has 2 fully saturated rings. The maximum atomic E-state index is 12.8. The number of ether oxygens (including phenoxy) is 1. The minimum Gasteiger partial charge on any atom is -0.494 e. The van der Waals surface area contributed by atoms with Crippen molar-refractivity contribution in [3.05, 3.63) is 29.3 Å². The molecule has 1 aliphatic heterocycles. The van der Waals surface area contributed by atoms with Crippen molar-refractivity contribution in [1.82, 2.24) is 10.2 Å². The highest BCUT2D eigenvalue weighted by Gasteiger charge is 2.42. The molecule has 3 rings (SSSR count). The SMILES string of the molecule is CCOc1ccc(C(C)=O)cc1CN1C(=O)N[C@@H](C2CCCCC2)C1=O. The molecule has 0 spiro atoms. The van der Waals surface area contributed by atoms with Crippen LogP contribution in [0.1, 0.15) is 61.9 Å². The van der Waals surface area contributed by atoms with Gasteiger partial charge in [-0.05, 0) is 50.8 Å². The van der Waals surface area contributed by atoms with Gasteiger partial charge in [-0.1, -0.05) is 19.3 Å². The molecule has 26 heavy (non-hydrogen) atoms. The summed E-state index contributed by atoms with van der Waals surface area (Å²) in [4.78, 5) is 38.2. The highest BCUT2D eigenvalue weighted by molar-refractivity contribution is 6.04. The molecule has 0 radical (unpaired) electrons. The van der Waals surface area contributed by atoms with Crippen LogP contribution < -0.4 is 10.1 Å². The lowest BCUT2D eigenvalue weighted by Gasteiger charge is -2.25. The molecule has 1 aromatic rings. The Morgan fingerprint density at radius 1 is 1.23 bits per heavy atom. The standard InChI is InChI=1S/C20H26N2O4/c1-3-26-17-10-9-15(13(2)23)11-16(17)12-22-19(24)18(21-20(22)25)14-7-5-4-6-8-14/h9-11,14,18H,3-8,12H2,1-2H3,(H,21,25)/t18-/m0/s1. The first-order valence-corrected chi connectivity index (χ1v) is 9.39. The molecule has 6 heteroatoms. The smallest absolute Gasteiger partial charge is 0.325 e. The van der Waals surface area contributed by atoms with Gasteiger partial charge in [0.15, 0.2) is 5.78 Å². The topological polar surface area (TPSA) is 75.7 Å². The van der Waals surface area contributed by atoms with E-state index < -0.39 is 6.04 Å². The van der Waals surface area contributed by atoms with Gasteiger partial charge in [-0.2, -0.15) is 0 Å². The molecule has 1 aromatic carbocycles. The van der Waals surface area contributed by atoms with Gasteiger partial charge in [0.2, 0.25) is 0 Å². The van der Waals surface area contributed by atoms with Crippen molar-refractivity contribution in [3.8, 4) is 5.75 Å². The van der Waals surface area contributed by atoms with E-state index >= 15 is 0 Å². The molecule has 1 heterocycles. The summed E-state index contributed by atoms with van der Waals surface area (Å²) in [5.41, 5.74) is 1.21. The van der Waals surface area contributed by atoms with Crippen molar-refractivity contribution >= 4 is 17.7 Å². The van der Waals surface area contributed by atoms with E-state index in [-0.39, 0.29) is 30.2 Å². The maximum absolute atomic E-state index is 12.8. The molecule has 6 nitrogen and oxygen atoms in total. The predicted molar refractivity (Wildman–Crippen MR) is 97.1 cm³/mol. The van der Waals surface area contributed by atoms with Gasteiger partial charge in [0.1, 0.15) is 11.8 Å². The Morgan fingerprint density at radius 3 is 2.62 bits per heavy atom.